The second kappa shape index (κ2) is 5.78. The van der Waals surface area contributed by atoms with E-state index in [0.29, 0.717) is 6.54 Å². The van der Waals surface area contributed by atoms with Gasteiger partial charge in [0.25, 0.3) is 0 Å². The largest absolute Gasteiger partial charge is 0.361 e. The van der Waals surface area contributed by atoms with E-state index in [2.05, 4.69) is 17.4 Å². The van der Waals surface area contributed by atoms with Gasteiger partial charge in [-0.2, -0.15) is 0 Å². The molecule has 0 bridgehead atoms. The van der Waals surface area contributed by atoms with Gasteiger partial charge in [-0.05, 0) is 31.0 Å². The normalized spacial score (nSPS) is 12.6. The minimum Gasteiger partial charge on any atom is -0.361 e. The van der Waals surface area contributed by atoms with E-state index < -0.39 is 0 Å². The van der Waals surface area contributed by atoms with Crippen LogP contribution in [-0.2, 0) is 6.54 Å². The number of benzene rings is 1. The molecule has 3 nitrogen and oxygen atoms in total. The van der Waals surface area contributed by atoms with Crippen LogP contribution in [0.15, 0.2) is 34.9 Å². The third-order valence-corrected chi connectivity index (χ3v) is 2.89. The Morgan fingerprint density at radius 2 is 2.06 bits per heavy atom. The maximum Gasteiger partial charge on any atom is 0.133 e. The lowest BCUT2D eigenvalue weighted by atomic mass is 10.0. The molecule has 1 aromatic carbocycles. The Kier molecular flexibility index (Phi) is 4.10. The van der Waals surface area contributed by atoms with Crippen LogP contribution in [0, 0.1) is 12.7 Å². The molecule has 1 atom stereocenters. The van der Waals surface area contributed by atoms with Crippen LogP contribution in [0.4, 0.5) is 4.39 Å². The Bertz CT molecular complexity index is 493. The van der Waals surface area contributed by atoms with Crippen LogP contribution in [0.25, 0.3) is 0 Å². The lowest BCUT2D eigenvalue weighted by molar-refractivity contribution is 0.385. The molecule has 2 rings (SSSR count). The molecule has 0 aliphatic heterocycles. The number of rotatable bonds is 5. The van der Waals surface area contributed by atoms with Gasteiger partial charge in [-0.3, -0.25) is 0 Å². The van der Waals surface area contributed by atoms with Crippen molar-refractivity contribution in [3.05, 3.63) is 53.2 Å². The second-order valence-corrected chi connectivity index (χ2v) is 4.32. The first kappa shape index (κ1) is 12.8. The van der Waals surface area contributed by atoms with Gasteiger partial charge in [0, 0.05) is 18.7 Å². The summed E-state index contributed by atoms with van der Waals surface area (Å²) in [4.78, 5) is 0. The van der Waals surface area contributed by atoms with Gasteiger partial charge in [0.05, 0.1) is 5.69 Å². The summed E-state index contributed by atoms with van der Waals surface area (Å²) < 4.78 is 17.9. The smallest absolute Gasteiger partial charge is 0.133 e. The average molecular weight is 248 g/mol. The van der Waals surface area contributed by atoms with Gasteiger partial charge in [0.1, 0.15) is 11.6 Å². The number of hydrogen-bond acceptors (Lipinski definition) is 3. The van der Waals surface area contributed by atoms with E-state index >= 15 is 0 Å². The fourth-order valence-corrected chi connectivity index (χ4v) is 1.92. The summed E-state index contributed by atoms with van der Waals surface area (Å²) in [6, 6.07) is 8.70. The third-order valence-electron chi connectivity index (χ3n) is 2.89. The predicted molar refractivity (Wildman–Crippen MR) is 67.5 cm³/mol. The number of aromatic nitrogens is 1. The van der Waals surface area contributed by atoms with Crippen LogP contribution < -0.4 is 5.32 Å². The zero-order valence-electron chi connectivity index (χ0n) is 10.6. The number of nitrogens with zero attached hydrogens (tertiary/aromatic N) is 1. The van der Waals surface area contributed by atoms with Gasteiger partial charge in [-0.1, -0.05) is 24.2 Å². The first-order valence-electron chi connectivity index (χ1n) is 6.10. The fourth-order valence-electron chi connectivity index (χ4n) is 1.92. The molecule has 2 aromatic rings. The number of nitrogens with one attached hydrogen (secondary N) is 1. The summed E-state index contributed by atoms with van der Waals surface area (Å²) in [5.74, 6) is 0.599. The average Bonchev–Trinajstić information content (AvgIpc) is 2.78. The van der Waals surface area contributed by atoms with Gasteiger partial charge in [-0.25, -0.2) is 4.39 Å². The minimum absolute atomic E-state index is 0.197. The maximum absolute atomic E-state index is 12.9. The molecule has 0 radical (unpaired) electrons. The van der Waals surface area contributed by atoms with Crippen molar-refractivity contribution in [2.75, 3.05) is 0 Å². The molecular weight excluding hydrogens is 231 g/mol. The van der Waals surface area contributed by atoms with Crippen LogP contribution in [-0.4, -0.2) is 5.16 Å². The van der Waals surface area contributed by atoms with E-state index in [1.807, 2.05) is 25.1 Å². The monoisotopic (exact) mass is 248 g/mol. The van der Waals surface area contributed by atoms with Crippen molar-refractivity contribution in [1.82, 2.24) is 10.5 Å². The van der Waals surface area contributed by atoms with E-state index in [1.54, 1.807) is 0 Å². The lowest BCUT2D eigenvalue weighted by Gasteiger charge is -2.16. The Balaban J connectivity index is 1.99. The Labute approximate surface area is 106 Å². The summed E-state index contributed by atoms with van der Waals surface area (Å²) >= 11 is 0. The summed E-state index contributed by atoms with van der Waals surface area (Å²) in [5.41, 5.74) is 1.96. The van der Waals surface area contributed by atoms with Crippen LogP contribution in [0.1, 0.15) is 36.4 Å². The van der Waals surface area contributed by atoms with E-state index in [-0.39, 0.29) is 11.9 Å². The maximum atomic E-state index is 12.9. The molecule has 1 unspecified atom stereocenters. The van der Waals surface area contributed by atoms with Crippen molar-refractivity contribution >= 4 is 0 Å². The minimum atomic E-state index is -0.208. The van der Waals surface area contributed by atoms with Crippen LogP contribution in [0.2, 0.25) is 0 Å². The highest BCUT2D eigenvalue weighted by atomic mass is 19.1. The standard InChI is InChI=1S/C14H17FN2O/c1-3-14(11-4-6-12(15)7-5-11)16-9-13-8-10(2)18-17-13/h4-8,14,16H,3,9H2,1-2H3. The molecule has 0 amide bonds. The summed E-state index contributed by atoms with van der Waals surface area (Å²) in [5, 5.41) is 7.32. The highest BCUT2D eigenvalue weighted by Gasteiger charge is 2.09. The second-order valence-electron chi connectivity index (χ2n) is 4.32. The molecule has 0 fully saturated rings. The van der Waals surface area contributed by atoms with Gasteiger partial charge < -0.3 is 9.84 Å². The fraction of sp³-hybridized carbons (Fsp3) is 0.357. The van der Waals surface area contributed by atoms with Gasteiger partial charge in [0.2, 0.25) is 0 Å². The van der Waals surface area contributed by atoms with Crippen LogP contribution in [0.5, 0.6) is 0 Å². The van der Waals surface area contributed by atoms with Crippen molar-refractivity contribution in [2.45, 2.75) is 32.9 Å². The van der Waals surface area contributed by atoms with Crippen LogP contribution in [0.3, 0.4) is 0 Å². The van der Waals surface area contributed by atoms with Gasteiger partial charge >= 0.3 is 0 Å². The SMILES string of the molecule is CCC(NCc1cc(C)on1)c1ccc(F)cc1. The highest BCUT2D eigenvalue weighted by Crippen LogP contribution is 2.17. The zero-order chi connectivity index (χ0) is 13.0. The molecule has 0 saturated heterocycles. The number of hydrogen-bond donors (Lipinski definition) is 1. The molecule has 1 aromatic heterocycles. The van der Waals surface area contributed by atoms with E-state index in [9.17, 15) is 4.39 Å². The zero-order valence-corrected chi connectivity index (χ0v) is 10.6. The molecule has 0 saturated carbocycles. The first-order valence-corrected chi connectivity index (χ1v) is 6.10. The van der Waals surface area contributed by atoms with E-state index in [0.717, 1.165) is 23.4 Å². The Hall–Kier alpha value is -1.68. The van der Waals surface area contributed by atoms with Crippen molar-refractivity contribution in [1.29, 1.82) is 0 Å². The molecule has 0 aliphatic rings. The van der Waals surface area contributed by atoms with E-state index in [1.165, 1.54) is 12.1 Å². The summed E-state index contributed by atoms with van der Waals surface area (Å²) in [7, 11) is 0. The third kappa shape index (κ3) is 3.17. The van der Waals surface area contributed by atoms with E-state index in [4.69, 9.17) is 4.52 Å². The topological polar surface area (TPSA) is 38.1 Å². The van der Waals surface area contributed by atoms with Crippen molar-refractivity contribution in [2.24, 2.45) is 0 Å². The quantitative estimate of drug-likeness (QED) is 0.881. The van der Waals surface area contributed by atoms with Crippen molar-refractivity contribution in [3.8, 4) is 0 Å². The van der Waals surface area contributed by atoms with Crippen molar-refractivity contribution < 1.29 is 8.91 Å². The molecule has 0 spiro atoms. The highest BCUT2D eigenvalue weighted by molar-refractivity contribution is 5.20. The van der Waals surface area contributed by atoms with Gasteiger partial charge in [-0.15, -0.1) is 0 Å². The first-order chi connectivity index (χ1) is 8.69. The molecule has 4 heteroatoms. The predicted octanol–water partition coefficient (Wildman–Crippen LogP) is 3.36. The number of halogens is 1. The van der Waals surface area contributed by atoms with Crippen molar-refractivity contribution in [3.63, 3.8) is 0 Å². The summed E-state index contributed by atoms with van der Waals surface area (Å²) in [6.45, 7) is 4.61. The molecule has 1 heterocycles. The molecule has 96 valence electrons. The molecule has 1 N–H and O–H groups in total. The van der Waals surface area contributed by atoms with Gasteiger partial charge in [0.15, 0.2) is 0 Å². The summed E-state index contributed by atoms with van der Waals surface area (Å²) in [6.07, 6.45) is 0.933. The molecule has 18 heavy (non-hydrogen) atoms. The Morgan fingerprint density at radius 1 is 1.33 bits per heavy atom. The molecular formula is C14H17FN2O. The number of aryl methyl sites for hydroxylation is 1. The van der Waals surface area contributed by atoms with Crippen LogP contribution >= 0.6 is 0 Å². The lowest BCUT2D eigenvalue weighted by Crippen LogP contribution is -2.20. The Morgan fingerprint density at radius 3 is 2.61 bits per heavy atom. The molecule has 0 aliphatic carbocycles.